The maximum Gasteiger partial charge on any atom is 0.0210 e. The van der Waals surface area contributed by atoms with Crippen molar-refractivity contribution < 1.29 is 0 Å². The Balaban J connectivity index is 1.28. The van der Waals surface area contributed by atoms with Gasteiger partial charge < -0.3 is 0 Å². The van der Waals surface area contributed by atoms with E-state index in [9.17, 15) is 0 Å². The minimum Gasteiger partial charge on any atom is -0.0642 e. The molecule has 60 heavy (non-hydrogen) atoms. The van der Waals surface area contributed by atoms with Crippen LogP contribution in [0.5, 0.6) is 0 Å². The minimum absolute atomic E-state index is 0.0218. The summed E-state index contributed by atoms with van der Waals surface area (Å²) in [5.41, 5.74) is 21.5. The molecule has 0 fully saturated rings. The fourth-order valence-corrected chi connectivity index (χ4v) is 11.8. The van der Waals surface area contributed by atoms with Gasteiger partial charge in [0.2, 0.25) is 0 Å². The Labute approximate surface area is 355 Å². The Morgan fingerprint density at radius 2 is 0.617 bits per heavy atom. The monoisotopic (exact) mass is 770 g/mol. The van der Waals surface area contributed by atoms with Gasteiger partial charge in [0.1, 0.15) is 0 Å². The van der Waals surface area contributed by atoms with Gasteiger partial charge in [-0.1, -0.05) is 185 Å². The highest BCUT2D eigenvalue weighted by Crippen LogP contribution is 2.56. The Bertz CT molecular complexity index is 2910. The first-order chi connectivity index (χ1) is 29.5. The highest BCUT2D eigenvalue weighted by atomic mass is 14.4. The van der Waals surface area contributed by atoms with Gasteiger partial charge in [-0.05, 0) is 161 Å². The van der Waals surface area contributed by atoms with Crippen molar-refractivity contribution in [3.8, 4) is 66.8 Å². The van der Waals surface area contributed by atoms with Crippen LogP contribution in [0.25, 0.3) is 88.3 Å². The van der Waals surface area contributed by atoms with Crippen LogP contribution in [-0.4, -0.2) is 0 Å². The van der Waals surface area contributed by atoms with Crippen LogP contribution in [0.4, 0.5) is 0 Å². The maximum absolute atomic E-state index is 2.57. The van der Waals surface area contributed by atoms with Crippen molar-refractivity contribution in [2.75, 3.05) is 0 Å². The third-order valence-corrected chi connectivity index (χ3v) is 14.9. The molecule has 9 aromatic rings. The Hall–Kier alpha value is -6.50. The molecule has 2 aliphatic carbocycles. The molecule has 0 heterocycles. The lowest BCUT2D eigenvalue weighted by Gasteiger charge is -2.30. The third-order valence-electron chi connectivity index (χ3n) is 14.9. The predicted octanol–water partition coefficient (Wildman–Crippen LogP) is 16.8. The van der Waals surface area contributed by atoms with Gasteiger partial charge in [-0.2, -0.15) is 0 Å². The van der Waals surface area contributed by atoms with Gasteiger partial charge in [0.05, 0.1) is 0 Å². The summed E-state index contributed by atoms with van der Waals surface area (Å²) >= 11 is 0. The smallest absolute Gasteiger partial charge is 0.0210 e. The minimum atomic E-state index is -0.0218. The van der Waals surface area contributed by atoms with Crippen LogP contribution in [0.2, 0.25) is 0 Å². The first kappa shape index (κ1) is 36.6. The molecule has 0 bridgehead atoms. The van der Waals surface area contributed by atoms with Gasteiger partial charge >= 0.3 is 0 Å². The average Bonchev–Trinajstić information content (AvgIpc) is 3.77. The molecule has 0 saturated carbocycles. The molecule has 2 aliphatic rings. The Morgan fingerprint density at radius 1 is 0.267 bits per heavy atom. The molecule has 11 rings (SSSR count). The second-order valence-corrected chi connectivity index (χ2v) is 17.2. The van der Waals surface area contributed by atoms with Crippen molar-refractivity contribution in [3.63, 3.8) is 0 Å². The maximum atomic E-state index is 2.57. The lowest BCUT2D eigenvalue weighted by Crippen LogP contribution is -2.23. The van der Waals surface area contributed by atoms with Crippen LogP contribution in [0.3, 0.4) is 0 Å². The summed E-state index contributed by atoms with van der Waals surface area (Å²) in [4.78, 5) is 0. The van der Waals surface area contributed by atoms with E-state index in [1.54, 1.807) is 0 Å². The molecule has 0 unspecified atom stereocenters. The lowest BCUT2D eigenvalue weighted by molar-refractivity contribution is 0.490. The highest BCUT2D eigenvalue weighted by molar-refractivity contribution is 6.23. The summed E-state index contributed by atoms with van der Waals surface area (Å²) in [6.07, 6.45) is 4.25. The first-order valence-corrected chi connectivity index (χ1v) is 22.2. The number of fused-ring (bicyclic) bond motifs is 8. The Morgan fingerprint density at radius 3 is 1.02 bits per heavy atom. The first-order valence-electron chi connectivity index (χ1n) is 22.2. The summed E-state index contributed by atoms with van der Waals surface area (Å²) in [5, 5.41) is 5.12. The highest BCUT2D eigenvalue weighted by Gasteiger charge is 2.42. The molecule has 0 atom stereocenters. The normalized spacial score (nSPS) is 14.2. The second kappa shape index (κ2) is 14.1. The van der Waals surface area contributed by atoms with Crippen LogP contribution in [-0.2, 0) is 10.8 Å². The zero-order valence-corrected chi connectivity index (χ0v) is 35.1. The second-order valence-electron chi connectivity index (χ2n) is 17.2. The van der Waals surface area contributed by atoms with E-state index in [0.29, 0.717) is 0 Å². The molecule has 0 nitrogen and oxygen atoms in total. The van der Waals surface area contributed by atoms with Crippen molar-refractivity contribution >= 4 is 21.5 Å². The number of benzene rings is 9. The molecule has 0 amide bonds. The Kier molecular flexibility index (Phi) is 8.57. The van der Waals surface area contributed by atoms with Crippen LogP contribution in [0.1, 0.15) is 75.6 Å². The molecule has 0 saturated heterocycles. The van der Waals surface area contributed by atoms with Gasteiger partial charge in [-0.25, -0.2) is 0 Å². The van der Waals surface area contributed by atoms with Crippen LogP contribution in [0.15, 0.2) is 182 Å². The quantitative estimate of drug-likeness (QED) is 0.135. The average molecular weight is 771 g/mol. The van der Waals surface area contributed by atoms with E-state index in [1.807, 2.05) is 0 Å². The van der Waals surface area contributed by atoms with Gasteiger partial charge in [-0.15, -0.1) is 0 Å². The summed E-state index contributed by atoms with van der Waals surface area (Å²) in [6, 6.07) is 69.4. The van der Waals surface area contributed by atoms with E-state index in [4.69, 9.17) is 0 Å². The molecule has 9 aromatic carbocycles. The standard InChI is InChI=1S/C60H50/c1-5-59(6-2)53-29-19-17-25-43(53)45-33-31-41(35-55(45)59)49-37-51-52(38-50(49)42-32-34-46-44-26-18-20-30-54(44)60(7-3,8-4)56(46)36-42)58(40-23-13-10-14-24-40)48-28-16-15-27-47(48)57(51)39-21-11-9-12-22-39/h9-38H,5-8H2,1-4H3. The van der Waals surface area contributed by atoms with Gasteiger partial charge in [0.15, 0.2) is 0 Å². The van der Waals surface area contributed by atoms with Gasteiger partial charge in [0.25, 0.3) is 0 Å². The predicted molar refractivity (Wildman–Crippen MR) is 257 cm³/mol. The molecule has 0 spiro atoms. The van der Waals surface area contributed by atoms with Crippen molar-refractivity contribution in [2.24, 2.45) is 0 Å². The van der Waals surface area contributed by atoms with Crippen LogP contribution < -0.4 is 0 Å². The van der Waals surface area contributed by atoms with Crippen molar-refractivity contribution in [3.05, 3.63) is 204 Å². The van der Waals surface area contributed by atoms with Gasteiger partial charge in [0, 0.05) is 10.8 Å². The zero-order valence-electron chi connectivity index (χ0n) is 35.1. The van der Waals surface area contributed by atoms with Crippen molar-refractivity contribution in [2.45, 2.75) is 64.2 Å². The molecule has 0 N–H and O–H groups in total. The van der Waals surface area contributed by atoms with E-state index in [1.165, 1.54) is 111 Å². The molecule has 0 aliphatic heterocycles. The summed E-state index contributed by atoms with van der Waals surface area (Å²) in [5.74, 6) is 0. The van der Waals surface area contributed by atoms with Crippen LogP contribution in [0, 0.1) is 0 Å². The molecular weight excluding hydrogens is 721 g/mol. The van der Waals surface area contributed by atoms with Crippen molar-refractivity contribution in [1.29, 1.82) is 0 Å². The topological polar surface area (TPSA) is 0 Å². The molecule has 0 heteroatoms. The molecule has 0 aromatic heterocycles. The summed E-state index contributed by atoms with van der Waals surface area (Å²) < 4.78 is 0. The van der Waals surface area contributed by atoms with Crippen molar-refractivity contribution in [1.82, 2.24) is 0 Å². The number of hydrogen-bond acceptors (Lipinski definition) is 0. The fourth-order valence-electron chi connectivity index (χ4n) is 11.8. The van der Waals surface area contributed by atoms with E-state index in [0.717, 1.165) is 25.7 Å². The number of hydrogen-bond donors (Lipinski definition) is 0. The summed E-state index contributed by atoms with van der Waals surface area (Å²) in [7, 11) is 0. The molecular formula is C60H50. The molecule has 290 valence electrons. The van der Waals surface area contributed by atoms with E-state index in [-0.39, 0.29) is 10.8 Å². The largest absolute Gasteiger partial charge is 0.0642 e. The van der Waals surface area contributed by atoms with E-state index < -0.39 is 0 Å². The van der Waals surface area contributed by atoms with E-state index in [2.05, 4.69) is 210 Å². The van der Waals surface area contributed by atoms with Gasteiger partial charge in [-0.3, -0.25) is 0 Å². The fraction of sp³-hybridized carbons (Fsp3) is 0.167. The third kappa shape index (κ3) is 5.10. The lowest BCUT2D eigenvalue weighted by atomic mass is 9.73. The molecule has 0 radical (unpaired) electrons. The van der Waals surface area contributed by atoms with E-state index >= 15 is 0 Å². The SMILES string of the molecule is CCC1(CC)c2ccccc2-c2ccc(-c3cc4c(-c5ccccc5)c5ccccc5c(-c5ccccc5)c4cc3-c3ccc4c(c3)C(CC)(CC)c3ccccc3-4)cc21. The number of rotatable bonds is 8. The van der Waals surface area contributed by atoms with Crippen LogP contribution >= 0.6 is 0 Å². The summed E-state index contributed by atoms with van der Waals surface area (Å²) in [6.45, 7) is 9.51. The zero-order chi connectivity index (χ0) is 40.6.